The molecule has 7 nitrogen and oxygen atoms in total. The molecule has 1 amide bonds. The Hall–Kier alpha value is -2.31. The number of nitrogens with zero attached hydrogens (tertiary/aromatic N) is 3. The fourth-order valence-electron chi connectivity index (χ4n) is 2.43. The van der Waals surface area contributed by atoms with E-state index in [0.29, 0.717) is 15.7 Å². The van der Waals surface area contributed by atoms with Crippen LogP contribution >= 0.6 is 23.1 Å². The van der Waals surface area contributed by atoms with Gasteiger partial charge in [0.2, 0.25) is 5.91 Å². The molecule has 0 spiro atoms. The van der Waals surface area contributed by atoms with E-state index in [4.69, 9.17) is 11.5 Å². The SMILES string of the molecule is N#Cc1c(NC(=O)CSc2nc(N)cc(N)n2)sc2c1CCC2. The topological polar surface area (TPSA) is 131 Å². The van der Waals surface area contributed by atoms with Gasteiger partial charge in [-0.25, -0.2) is 9.97 Å². The highest BCUT2D eigenvalue weighted by atomic mass is 32.2. The van der Waals surface area contributed by atoms with E-state index in [9.17, 15) is 10.1 Å². The van der Waals surface area contributed by atoms with E-state index in [1.165, 1.54) is 22.3 Å². The predicted molar refractivity (Wildman–Crippen MR) is 91.3 cm³/mol. The Bertz CT molecular complexity index is 790. The van der Waals surface area contributed by atoms with E-state index in [2.05, 4.69) is 21.4 Å². The zero-order valence-corrected chi connectivity index (χ0v) is 13.8. The number of nitrogens with one attached hydrogen (secondary N) is 1. The molecule has 0 radical (unpaired) electrons. The van der Waals surface area contributed by atoms with Crippen LogP contribution in [0, 0.1) is 11.3 Å². The number of nitriles is 1. The highest BCUT2D eigenvalue weighted by Gasteiger charge is 2.23. The number of aromatic nitrogens is 2. The molecule has 1 aliphatic rings. The minimum atomic E-state index is -0.212. The average molecular weight is 346 g/mol. The van der Waals surface area contributed by atoms with Crippen molar-refractivity contribution in [2.45, 2.75) is 24.4 Å². The number of carbonyl (C=O) groups is 1. The normalized spacial score (nSPS) is 12.7. The maximum absolute atomic E-state index is 12.1. The number of aryl methyl sites for hydroxylation is 1. The summed E-state index contributed by atoms with van der Waals surface area (Å²) in [7, 11) is 0. The lowest BCUT2D eigenvalue weighted by molar-refractivity contribution is -0.113. The Labute approximate surface area is 141 Å². The second-order valence-electron chi connectivity index (χ2n) is 5.01. The molecule has 1 aliphatic carbocycles. The first-order valence-electron chi connectivity index (χ1n) is 6.94. The quantitative estimate of drug-likeness (QED) is 0.568. The van der Waals surface area contributed by atoms with Gasteiger partial charge in [0.05, 0.1) is 11.3 Å². The highest BCUT2D eigenvalue weighted by Crippen LogP contribution is 2.38. The van der Waals surface area contributed by atoms with E-state index in [1.807, 2.05) is 0 Å². The molecule has 2 aromatic heterocycles. The van der Waals surface area contributed by atoms with Gasteiger partial charge in [-0.05, 0) is 24.8 Å². The molecule has 0 bridgehead atoms. The number of rotatable bonds is 4. The van der Waals surface area contributed by atoms with Crippen molar-refractivity contribution >= 4 is 45.6 Å². The average Bonchev–Trinajstić information content (AvgIpc) is 3.04. The van der Waals surface area contributed by atoms with Crippen LogP contribution in [0.4, 0.5) is 16.6 Å². The summed E-state index contributed by atoms with van der Waals surface area (Å²) in [6.07, 6.45) is 2.97. The minimum absolute atomic E-state index is 0.121. The maximum Gasteiger partial charge on any atom is 0.235 e. The zero-order valence-electron chi connectivity index (χ0n) is 12.1. The fraction of sp³-hybridized carbons (Fsp3) is 0.286. The molecule has 0 atom stereocenters. The van der Waals surface area contributed by atoms with Crippen LogP contribution in [-0.2, 0) is 17.6 Å². The van der Waals surface area contributed by atoms with Crippen LogP contribution < -0.4 is 16.8 Å². The monoisotopic (exact) mass is 346 g/mol. The lowest BCUT2D eigenvalue weighted by Gasteiger charge is -2.04. The van der Waals surface area contributed by atoms with Gasteiger partial charge in [-0.3, -0.25) is 4.79 Å². The van der Waals surface area contributed by atoms with Crippen molar-refractivity contribution in [2.75, 3.05) is 22.5 Å². The Kier molecular flexibility index (Phi) is 4.36. The summed E-state index contributed by atoms with van der Waals surface area (Å²) in [5.41, 5.74) is 12.9. The molecule has 0 saturated heterocycles. The third-order valence-corrected chi connectivity index (χ3v) is 5.42. The largest absolute Gasteiger partial charge is 0.383 e. The molecule has 2 aromatic rings. The van der Waals surface area contributed by atoms with Crippen LogP contribution in [0.1, 0.15) is 22.4 Å². The van der Waals surface area contributed by atoms with Crippen LogP contribution in [0.5, 0.6) is 0 Å². The van der Waals surface area contributed by atoms with Gasteiger partial charge < -0.3 is 16.8 Å². The Morgan fingerprint density at radius 2 is 2.13 bits per heavy atom. The smallest absolute Gasteiger partial charge is 0.235 e. The van der Waals surface area contributed by atoms with E-state index in [1.54, 1.807) is 0 Å². The van der Waals surface area contributed by atoms with Gasteiger partial charge >= 0.3 is 0 Å². The second-order valence-corrected chi connectivity index (χ2v) is 7.06. The van der Waals surface area contributed by atoms with Crippen LogP contribution in [0.2, 0.25) is 0 Å². The predicted octanol–water partition coefficient (Wildman–Crippen LogP) is 1.79. The lowest BCUT2D eigenvalue weighted by Crippen LogP contribution is -2.14. The Morgan fingerprint density at radius 1 is 1.39 bits per heavy atom. The molecule has 5 N–H and O–H groups in total. The number of thiophene rings is 1. The van der Waals surface area contributed by atoms with Crippen molar-refractivity contribution in [1.82, 2.24) is 9.97 Å². The standard InChI is InChI=1S/C14H14N6OS2/c15-5-8-7-2-1-3-9(7)23-13(8)20-12(21)6-22-14-18-10(16)4-11(17)19-14/h4H,1-3,6H2,(H,20,21)(H4,16,17,18,19). The zero-order chi connectivity index (χ0) is 16.4. The van der Waals surface area contributed by atoms with Gasteiger partial charge in [0.1, 0.15) is 22.7 Å². The first kappa shape index (κ1) is 15.6. The molecule has 0 aliphatic heterocycles. The number of carbonyl (C=O) groups excluding carboxylic acids is 1. The van der Waals surface area contributed by atoms with E-state index in [-0.39, 0.29) is 23.3 Å². The van der Waals surface area contributed by atoms with E-state index in [0.717, 1.165) is 36.6 Å². The van der Waals surface area contributed by atoms with Gasteiger partial charge in [0.25, 0.3) is 0 Å². The van der Waals surface area contributed by atoms with Crippen molar-refractivity contribution in [3.05, 3.63) is 22.1 Å². The summed E-state index contributed by atoms with van der Waals surface area (Å²) >= 11 is 2.64. The van der Waals surface area contributed by atoms with Crippen LogP contribution in [0.3, 0.4) is 0 Å². The van der Waals surface area contributed by atoms with Crippen molar-refractivity contribution in [3.63, 3.8) is 0 Å². The van der Waals surface area contributed by atoms with Crippen molar-refractivity contribution in [2.24, 2.45) is 0 Å². The third-order valence-electron chi connectivity index (χ3n) is 3.36. The molecule has 0 saturated carbocycles. The van der Waals surface area contributed by atoms with Crippen molar-refractivity contribution in [1.29, 1.82) is 5.26 Å². The minimum Gasteiger partial charge on any atom is -0.383 e. The second kappa shape index (κ2) is 6.44. The summed E-state index contributed by atoms with van der Waals surface area (Å²) < 4.78 is 0. The number of nitrogens with two attached hydrogens (primary N) is 2. The first-order chi connectivity index (χ1) is 11.1. The number of fused-ring (bicyclic) bond motifs is 1. The summed E-state index contributed by atoms with van der Waals surface area (Å²) in [6.45, 7) is 0. The fourth-order valence-corrected chi connectivity index (χ4v) is 4.36. The van der Waals surface area contributed by atoms with Crippen LogP contribution in [0.25, 0.3) is 0 Å². The van der Waals surface area contributed by atoms with Gasteiger partial charge in [0, 0.05) is 10.9 Å². The van der Waals surface area contributed by atoms with E-state index >= 15 is 0 Å². The van der Waals surface area contributed by atoms with Crippen LogP contribution in [0.15, 0.2) is 11.2 Å². The molecule has 3 rings (SSSR count). The molecular weight excluding hydrogens is 332 g/mol. The van der Waals surface area contributed by atoms with Crippen molar-refractivity contribution in [3.8, 4) is 6.07 Å². The molecular formula is C14H14N6OS2. The molecule has 0 unspecified atom stereocenters. The maximum atomic E-state index is 12.1. The van der Waals surface area contributed by atoms with Gasteiger partial charge in [-0.2, -0.15) is 5.26 Å². The van der Waals surface area contributed by atoms with Crippen molar-refractivity contribution < 1.29 is 4.79 Å². The van der Waals surface area contributed by atoms with E-state index < -0.39 is 0 Å². The Balaban J connectivity index is 1.65. The van der Waals surface area contributed by atoms with Crippen LogP contribution in [-0.4, -0.2) is 21.6 Å². The van der Waals surface area contributed by atoms with Gasteiger partial charge in [0.15, 0.2) is 5.16 Å². The number of thioether (sulfide) groups is 1. The molecule has 23 heavy (non-hydrogen) atoms. The molecule has 2 heterocycles. The number of hydrogen-bond acceptors (Lipinski definition) is 8. The summed E-state index contributed by atoms with van der Waals surface area (Å²) in [5, 5.41) is 13.1. The molecule has 0 aromatic carbocycles. The first-order valence-corrected chi connectivity index (χ1v) is 8.74. The molecule has 0 fully saturated rings. The number of amides is 1. The van der Waals surface area contributed by atoms with Gasteiger partial charge in [-0.15, -0.1) is 11.3 Å². The highest BCUT2D eigenvalue weighted by molar-refractivity contribution is 7.99. The Morgan fingerprint density at radius 3 is 2.83 bits per heavy atom. The summed E-state index contributed by atoms with van der Waals surface area (Å²) in [4.78, 5) is 21.3. The summed E-state index contributed by atoms with van der Waals surface area (Å²) in [5.74, 6) is 0.441. The number of hydrogen-bond donors (Lipinski definition) is 3. The molecule has 9 heteroatoms. The third kappa shape index (κ3) is 3.38. The van der Waals surface area contributed by atoms with Gasteiger partial charge in [-0.1, -0.05) is 11.8 Å². The number of nitrogen functional groups attached to an aromatic ring is 2. The summed E-state index contributed by atoms with van der Waals surface area (Å²) in [6, 6.07) is 3.66. The lowest BCUT2D eigenvalue weighted by atomic mass is 10.1. The number of anilines is 3. The molecule has 118 valence electrons.